The monoisotopic (exact) mass is 221 g/mol. The molecule has 0 aromatic heterocycles. The molecule has 0 fully saturated rings. The Balaban J connectivity index is 2.69. The molecular weight excluding hydrogens is 202 g/mol. The molecule has 0 bridgehead atoms. The Morgan fingerprint density at radius 1 is 1.69 bits per heavy atom. The molecule has 88 valence electrons. The topological polar surface area (TPSA) is 66.0 Å². The van der Waals surface area contributed by atoms with E-state index >= 15 is 0 Å². The molecule has 1 heterocycles. The van der Waals surface area contributed by atoms with Crippen molar-refractivity contribution in [3.05, 3.63) is 24.2 Å². The van der Waals surface area contributed by atoms with E-state index in [0.717, 1.165) is 18.2 Å². The van der Waals surface area contributed by atoms with Gasteiger partial charge < -0.3 is 11.1 Å². The van der Waals surface area contributed by atoms with E-state index in [1.54, 1.807) is 5.01 Å². The molecule has 1 aliphatic rings. The molecule has 0 spiro atoms. The van der Waals surface area contributed by atoms with Gasteiger partial charge in [0.25, 0.3) is 0 Å². The van der Waals surface area contributed by atoms with Crippen molar-refractivity contribution in [2.45, 2.75) is 13.8 Å². The van der Waals surface area contributed by atoms with Crippen molar-refractivity contribution < 1.29 is 0 Å². The van der Waals surface area contributed by atoms with Crippen molar-refractivity contribution in [3.63, 3.8) is 0 Å². The van der Waals surface area contributed by atoms with E-state index < -0.39 is 0 Å². The van der Waals surface area contributed by atoms with E-state index in [2.05, 4.69) is 29.1 Å². The zero-order valence-electron chi connectivity index (χ0n) is 9.85. The van der Waals surface area contributed by atoms with Gasteiger partial charge in [0.2, 0.25) is 0 Å². The Kier molecular flexibility index (Phi) is 4.72. The third-order valence-electron chi connectivity index (χ3n) is 2.28. The van der Waals surface area contributed by atoms with Gasteiger partial charge in [-0.25, -0.2) is 5.01 Å². The third kappa shape index (κ3) is 3.20. The summed E-state index contributed by atoms with van der Waals surface area (Å²) in [4.78, 5) is 4.43. The highest BCUT2D eigenvalue weighted by Gasteiger charge is 2.11. The smallest absolute Gasteiger partial charge is 0.128 e. The van der Waals surface area contributed by atoms with Gasteiger partial charge in [-0.2, -0.15) is 5.10 Å². The van der Waals surface area contributed by atoms with E-state index in [4.69, 9.17) is 5.73 Å². The number of allylic oxidation sites excluding steroid dienone is 1. The molecule has 1 atom stereocenters. The summed E-state index contributed by atoms with van der Waals surface area (Å²) in [6, 6.07) is 0. The van der Waals surface area contributed by atoms with E-state index in [0.29, 0.717) is 12.5 Å². The average molecular weight is 221 g/mol. The van der Waals surface area contributed by atoms with Crippen LogP contribution in [0, 0.1) is 5.92 Å². The molecule has 0 radical (unpaired) electrons. The van der Waals surface area contributed by atoms with Crippen LogP contribution in [-0.4, -0.2) is 30.7 Å². The van der Waals surface area contributed by atoms with Crippen LogP contribution in [0.4, 0.5) is 0 Å². The highest BCUT2D eigenvalue weighted by atomic mass is 15.5. The largest absolute Gasteiger partial charge is 0.330 e. The molecule has 0 saturated heterocycles. The number of rotatable bonds is 4. The number of hydrogen-bond donors (Lipinski definition) is 2. The molecule has 0 saturated carbocycles. The van der Waals surface area contributed by atoms with Gasteiger partial charge in [-0.1, -0.05) is 6.92 Å². The van der Waals surface area contributed by atoms with Crippen LogP contribution in [0.15, 0.2) is 34.3 Å². The van der Waals surface area contributed by atoms with Crippen LogP contribution in [0.25, 0.3) is 0 Å². The Bertz CT molecular complexity index is 329. The Morgan fingerprint density at radius 3 is 3.00 bits per heavy atom. The van der Waals surface area contributed by atoms with Crippen LogP contribution >= 0.6 is 0 Å². The van der Waals surface area contributed by atoms with Crippen molar-refractivity contribution in [1.29, 1.82) is 0 Å². The summed E-state index contributed by atoms with van der Waals surface area (Å²) >= 11 is 0. The van der Waals surface area contributed by atoms with Crippen molar-refractivity contribution in [1.82, 2.24) is 10.3 Å². The number of amidine groups is 1. The Hall–Kier alpha value is -1.62. The first-order chi connectivity index (χ1) is 7.71. The maximum atomic E-state index is 5.53. The van der Waals surface area contributed by atoms with Gasteiger partial charge in [0, 0.05) is 19.5 Å². The minimum atomic E-state index is 0.396. The summed E-state index contributed by atoms with van der Waals surface area (Å²) in [7, 11) is 0. The van der Waals surface area contributed by atoms with Gasteiger partial charge in [0.1, 0.15) is 11.7 Å². The second kappa shape index (κ2) is 6.07. The quantitative estimate of drug-likeness (QED) is 0.692. The molecule has 0 amide bonds. The standard InChI is InChI=1S/C11H19N5/c1-4-11-15-10(5-6-16(11)13-3)14-8-9(2)7-12/h4-6,9H,3,7-8,12H2,1-2H3,(H,14,15)/b11-4-. The van der Waals surface area contributed by atoms with Crippen LogP contribution in [0.5, 0.6) is 0 Å². The van der Waals surface area contributed by atoms with Crippen molar-refractivity contribution in [2.24, 2.45) is 21.7 Å². The minimum Gasteiger partial charge on any atom is -0.330 e. The molecule has 0 aliphatic carbocycles. The van der Waals surface area contributed by atoms with Crippen LogP contribution in [-0.2, 0) is 0 Å². The maximum Gasteiger partial charge on any atom is 0.128 e. The lowest BCUT2D eigenvalue weighted by Crippen LogP contribution is -2.33. The zero-order valence-corrected chi connectivity index (χ0v) is 9.85. The fourth-order valence-electron chi connectivity index (χ4n) is 1.20. The molecule has 3 N–H and O–H groups in total. The molecule has 1 unspecified atom stereocenters. The first kappa shape index (κ1) is 12.4. The predicted octanol–water partition coefficient (Wildman–Crippen LogP) is 0.875. The zero-order chi connectivity index (χ0) is 12.0. The van der Waals surface area contributed by atoms with Gasteiger partial charge in [0.05, 0.1) is 0 Å². The van der Waals surface area contributed by atoms with Gasteiger partial charge in [-0.05, 0) is 31.5 Å². The van der Waals surface area contributed by atoms with E-state index in [1.807, 2.05) is 25.3 Å². The highest BCUT2D eigenvalue weighted by Crippen LogP contribution is 2.07. The lowest BCUT2D eigenvalue weighted by Gasteiger charge is -2.23. The van der Waals surface area contributed by atoms with Crippen LogP contribution in [0.3, 0.4) is 0 Å². The number of nitrogens with zero attached hydrogens (tertiary/aromatic N) is 3. The summed E-state index contributed by atoms with van der Waals surface area (Å²) in [6.45, 7) is 8.86. The first-order valence-corrected chi connectivity index (χ1v) is 5.33. The van der Waals surface area contributed by atoms with Gasteiger partial charge in [0.15, 0.2) is 0 Å². The van der Waals surface area contributed by atoms with E-state index in [-0.39, 0.29) is 0 Å². The lowest BCUT2D eigenvalue weighted by atomic mass is 10.2. The van der Waals surface area contributed by atoms with Crippen LogP contribution < -0.4 is 11.1 Å². The number of aliphatic imine (C=N–C) groups is 1. The maximum absolute atomic E-state index is 5.53. The van der Waals surface area contributed by atoms with Crippen LogP contribution in [0.2, 0.25) is 0 Å². The van der Waals surface area contributed by atoms with Crippen molar-refractivity contribution in [3.8, 4) is 0 Å². The van der Waals surface area contributed by atoms with Crippen molar-refractivity contribution in [2.75, 3.05) is 13.1 Å². The SMILES string of the molecule is C=NN1C=CC(=NCC(C)CN)N/C1=C/C. The lowest BCUT2D eigenvalue weighted by molar-refractivity contribution is 0.470. The summed E-state index contributed by atoms with van der Waals surface area (Å²) in [5, 5.41) is 8.65. The molecule has 5 heteroatoms. The molecular formula is C11H19N5. The highest BCUT2D eigenvalue weighted by molar-refractivity contribution is 5.94. The molecule has 0 aromatic carbocycles. The molecule has 1 rings (SSSR count). The molecule has 0 aromatic rings. The second-order valence-corrected chi connectivity index (χ2v) is 3.67. The Morgan fingerprint density at radius 2 is 2.44 bits per heavy atom. The summed E-state index contributed by atoms with van der Waals surface area (Å²) in [5.41, 5.74) is 5.53. The van der Waals surface area contributed by atoms with E-state index in [1.165, 1.54) is 0 Å². The fourth-order valence-corrected chi connectivity index (χ4v) is 1.20. The molecule has 1 aliphatic heterocycles. The predicted molar refractivity (Wildman–Crippen MR) is 67.9 cm³/mol. The van der Waals surface area contributed by atoms with E-state index in [9.17, 15) is 0 Å². The number of nitrogens with two attached hydrogens (primary N) is 1. The summed E-state index contributed by atoms with van der Waals surface area (Å²) < 4.78 is 0. The first-order valence-electron chi connectivity index (χ1n) is 5.33. The fraction of sp³-hybridized carbons (Fsp3) is 0.455. The molecule has 16 heavy (non-hydrogen) atoms. The number of nitrogens with one attached hydrogen (secondary N) is 1. The minimum absolute atomic E-state index is 0.396. The summed E-state index contributed by atoms with van der Waals surface area (Å²) in [6.07, 6.45) is 5.61. The molecule has 5 nitrogen and oxygen atoms in total. The van der Waals surface area contributed by atoms with Gasteiger partial charge in [-0.3, -0.25) is 4.99 Å². The number of hydrogen-bond acceptors (Lipinski definition) is 4. The normalized spacial score (nSPS) is 22.3. The second-order valence-electron chi connectivity index (χ2n) is 3.67. The number of hydrazone groups is 1. The third-order valence-corrected chi connectivity index (χ3v) is 2.28. The average Bonchev–Trinajstić information content (AvgIpc) is 2.35. The van der Waals surface area contributed by atoms with Gasteiger partial charge >= 0.3 is 0 Å². The Labute approximate surface area is 96.4 Å². The van der Waals surface area contributed by atoms with Gasteiger partial charge in [-0.15, -0.1) is 0 Å². The summed E-state index contributed by atoms with van der Waals surface area (Å²) in [5.74, 6) is 2.08. The van der Waals surface area contributed by atoms with Crippen molar-refractivity contribution >= 4 is 12.6 Å². The van der Waals surface area contributed by atoms with Crippen LogP contribution in [0.1, 0.15) is 13.8 Å².